The van der Waals surface area contributed by atoms with Gasteiger partial charge in [0, 0.05) is 34.8 Å². The number of benzene rings is 2. The number of amides is 1. The van der Waals surface area contributed by atoms with Gasteiger partial charge in [0.1, 0.15) is 11.3 Å². The summed E-state index contributed by atoms with van der Waals surface area (Å²) in [6.07, 6.45) is 4.33. The van der Waals surface area contributed by atoms with Crippen molar-refractivity contribution >= 4 is 28.5 Å². The molecule has 0 saturated heterocycles. The van der Waals surface area contributed by atoms with Gasteiger partial charge in [-0.25, -0.2) is 13.8 Å². The number of nitrogens with zero attached hydrogens (tertiary/aromatic N) is 2. The first-order valence-corrected chi connectivity index (χ1v) is 10.7. The van der Waals surface area contributed by atoms with Crippen LogP contribution in [0.25, 0.3) is 11.0 Å². The second-order valence-electron chi connectivity index (χ2n) is 8.43. The lowest BCUT2D eigenvalue weighted by atomic mass is 9.98. The molecule has 0 spiro atoms. The van der Waals surface area contributed by atoms with E-state index in [1.165, 1.54) is 6.07 Å². The summed E-state index contributed by atoms with van der Waals surface area (Å²) in [6, 6.07) is 9.36. The number of imidazole rings is 1. The number of aromatic nitrogens is 2. The standard InChI is InChI=1S/C23H22ClF2N3O/c1-2-19(28-23(30)12-3-5-13(24)6-4-12)21-16-9-15(10-17(16)21)29-11-27-20-8-14(25)7-18(26)22(20)29/h3-8,11,15-17,19,21H,2,9-10H2,1H3,(H,28,30)/t15-,16-,17+,19?,21+. The minimum atomic E-state index is -0.609. The molecule has 5 atom stereocenters. The fourth-order valence-corrected chi connectivity index (χ4v) is 5.50. The molecule has 1 aromatic heterocycles. The van der Waals surface area contributed by atoms with E-state index in [9.17, 15) is 13.6 Å². The second-order valence-corrected chi connectivity index (χ2v) is 8.87. The molecule has 0 bridgehead atoms. The number of halogens is 3. The molecule has 30 heavy (non-hydrogen) atoms. The average molecular weight is 430 g/mol. The molecule has 0 aliphatic heterocycles. The highest BCUT2D eigenvalue weighted by Crippen LogP contribution is 2.62. The monoisotopic (exact) mass is 429 g/mol. The summed E-state index contributed by atoms with van der Waals surface area (Å²) in [7, 11) is 0. The molecule has 2 aliphatic rings. The predicted molar refractivity (Wildman–Crippen MR) is 111 cm³/mol. The zero-order valence-electron chi connectivity index (χ0n) is 16.5. The van der Waals surface area contributed by atoms with Crippen molar-refractivity contribution in [2.75, 3.05) is 0 Å². The minimum Gasteiger partial charge on any atom is -0.349 e. The van der Waals surface area contributed by atoms with Crippen molar-refractivity contribution in [3.63, 3.8) is 0 Å². The highest BCUT2D eigenvalue weighted by atomic mass is 35.5. The molecular weight excluding hydrogens is 408 g/mol. The smallest absolute Gasteiger partial charge is 0.251 e. The highest BCUT2D eigenvalue weighted by molar-refractivity contribution is 6.30. The largest absolute Gasteiger partial charge is 0.349 e. The Balaban J connectivity index is 1.27. The van der Waals surface area contributed by atoms with E-state index in [0.29, 0.717) is 39.4 Å². The number of nitrogens with one attached hydrogen (secondary N) is 1. The van der Waals surface area contributed by atoms with Crippen LogP contribution < -0.4 is 5.32 Å². The van der Waals surface area contributed by atoms with Gasteiger partial charge < -0.3 is 9.88 Å². The summed E-state index contributed by atoms with van der Waals surface area (Å²) in [5.41, 5.74) is 1.34. The maximum Gasteiger partial charge on any atom is 0.251 e. The zero-order valence-corrected chi connectivity index (χ0v) is 17.2. The van der Waals surface area contributed by atoms with E-state index in [1.807, 2.05) is 4.57 Å². The molecule has 7 heteroatoms. The van der Waals surface area contributed by atoms with Gasteiger partial charge in [-0.2, -0.15) is 0 Å². The molecule has 1 heterocycles. The second kappa shape index (κ2) is 7.34. The topological polar surface area (TPSA) is 46.9 Å². The zero-order chi connectivity index (χ0) is 21.0. The average Bonchev–Trinajstić information content (AvgIpc) is 3.06. The Morgan fingerprint density at radius 1 is 1.23 bits per heavy atom. The number of carbonyl (C=O) groups excluding carboxylic acids is 1. The van der Waals surface area contributed by atoms with Crippen molar-refractivity contribution in [2.24, 2.45) is 17.8 Å². The summed E-state index contributed by atoms with van der Waals surface area (Å²) in [4.78, 5) is 16.8. The van der Waals surface area contributed by atoms with Crippen LogP contribution in [0.2, 0.25) is 5.02 Å². The molecule has 2 fully saturated rings. The van der Waals surface area contributed by atoms with Gasteiger partial charge in [-0.05, 0) is 61.3 Å². The van der Waals surface area contributed by atoms with Crippen LogP contribution in [0.5, 0.6) is 0 Å². The van der Waals surface area contributed by atoms with Crippen molar-refractivity contribution in [2.45, 2.75) is 38.3 Å². The number of rotatable bonds is 5. The van der Waals surface area contributed by atoms with Crippen LogP contribution >= 0.6 is 11.6 Å². The van der Waals surface area contributed by atoms with E-state index in [-0.39, 0.29) is 18.0 Å². The van der Waals surface area contributed by atoms with Crippen molar-refractivity contribution in [1.29, 1.82) is 0 Å². The molecule has 1 amide bonds. The third kappa shape index (κ3) is 3.27. The van der Waals surface area contributed by atoms with Gasteiger partial charge in [0.15, 0.2) is 5.82 Å². The molecule has 2 aromatic carbocycles. The normalized spacial score (nSPS) is 25.9. The van der Waals surface area contributed by atoms with E-state index in [1.54, 1.807) is 30.6 Å². The first-order valence-electron chi connectivity index (χ1n) is 10.3. The Morgan fingerprint density at radius 3 is 2.60 bits per heavy atom. The Hall–Kier alpha value is -2.47. The van der Waals surface area contributed by atoms with Gasteiger partial charge in [0.2, 0.25) is 0 Å². The highest BCUT2D eigenvalue weighted by Gasteiger charge is 2.59. The Bertz CT molecular complexity index is 1100. The summed E-state index contributed by atoms with van der Waals surface area (Å²) in [5, 5.41) is 3.79. The van der Waals surface area contributed by atoms with Crippen molar-refractivity contribution in [1.82, 2.24) is 14.9 Å². The first kappa shape index (κ1) is 19.5. The lowest BCUT2D eigenvalue weighted by molar-refractivity contribution is 0.0927. The maximum atomic E-state index is 14.3. The fourth-order valence-electron chi connectivity index (χ4n) is 5.38. The lowest BCUT2D eigenvalue weighted by Crippen LogP contribution is -2.37. The molecule has 1 unspecified atom stereocenters. The van der Waals surface area contributed by atoms with E-state index < -0.39 is 11.6 Å². The van der Waals surface area contributed by atoms with Crippen molar-refractivity contribution in [3.8, 4) is 0 Å². The molecule has 156 valence electrons. The Kier molecular flexibility index (Phi) is 4.77. The van der Waals surface area contributed by atoms with E-state index >= 15 is 0 Å². The van der Waals surface area contributed by atoms with Crippen LogP contribution in [0.15, 0.2) is 42.7 Å². The molecule has 4 nitrogen and oxygen atoms in total. The first-order chi connectivity index (χ1) is 14.5. The van der Waals surface area contributed by atoms with Gasteiger partial charge in [-0.1, -0.05) is 18.5 Å². The number of hydrogen-bond acceptors (Lipinski definition) is 2. The van der Waals surface area contributed by atoms with Crippen LogP contribution in [0.1, 0.15) is 42.6 Å². The molecule has 1 N–H and O–H groups in total. The van der Waals surface area contributed by atoms with E-state index in [4.69, 9.17) is 11.6 Å². The van der Waals surface area contributed by atoms with E-state index in [2.05, 4.69) is 17.2 Å². The van der Waals surface area contributed by atoms with Gasteiger partial charge in [-0.15, -0.1) is 0 Å². The molecule has 2 saturated carbocycles. The Labute approximate surface area is 178 Å². The van der Waals surface area contributed by atoms with Gasteiger partial charge >= 0.3 is 0 Å². The Morgan fingerprint density at radius 2 is 1.93 bits per heavy atom. The fraction of sp³-hybridized carbons (Fsp3) is 0.391. The summed E-state index contributed by atoms with van der Waals surface area (Å²) in [5.74, 6) is 0.199. The van der Waals surface area contributed by atoms with Gasteiger partial charge in [0.25, 0.3) is 5.91 Å². The minimum absolute atomic E-state index is 0.0789. The molecule has 3 aromatic rings. The molecule has 0 radical (unpaired) electrons. The molecular formula is C23H22ClF2N3O. The lowest BCUT2D eigenvalue weighted by Gasteiger charge is -2.22. The summed E-state index contributed by atoms with van der Waals surface area (Å²) < 4.78 is 29.6. The summed E-state index contributed by atoms with van der Waals surface area (Å²) in [6.45, 7) is 2.09. The van der Waals surface area contributed by atoms with Gasteiger partial charge in [-0.3, -0.25) is 4.79 Å². The SMILES string of the molecule is CCC(NC(=O)c1ccc(Cl)cc1)[C@H]1[C@@H]2C[C@@H](n3cnc4cc(F)cc(F)c43)C[C@@H]21. The number of carbonyl (C=O) groups is 1. The molecule has 5 rings (SSSR count). The molecule has 2 aliphatic carbocycles. The maximum absolute atomic E-state index is 14.3. The third-order valence-corrected chi connectivity index (χ3v) is 7.05. The quantitative estimate of drug-likeness (QED) is 0.592. The van der Waals surface area contributed by atoms with Crippen LogP contribution in [0.3, 0.4) is 0 Å². The van der Waals surface area contributed by atoms with Crippen LogP contribution in [-0.4, -0.2) is 21.5 Å². The van der Waals surface area contributed by atoms with Crippen LogP contribution in [0.4, 0.5) is 8.78 Å². The number of fused-ring (bicyclic) bond motifs is 2. The predicted octanol–water partition coefficient (Wildman–Crippen LogP) is 5.37. The van der Waals surface area contributed by atoms with Crippen molar-refractivity contribution in [3.05, 3.63) is 64.9 Å². The van der Waals surface area contributed by atoms with E-state index in [0.717, 1.165) is 25.3 Å². The van der Waals surface area contributed by atoms with Gasteiger partial charge in [0.05, 0.1) is 11.8 Å². The van der Waals surface area contributed by atoms with Crippen LogP contribution in [-0.2, 0) is 0 Å². The summed E-state index contributed by atoms with van der Waals surface area (Å²) >= 11 is 5.90. The third-order valence-electron chi connectivity index (χ3n) is 6.79. The van der Waals surface area contributed by atoms with Crippen LogP contribution in [0, 0.1) is 29.4 Å². The van der Waals surface area contributed by atoms with Crippen molar-refractivity contribution < 1.29 is 13.6 Å². The number of hydrogen-bond donors (Lipinski definition) is 1.